The predicted molar refractivity (Wildman–Crippen MR) is 64.9 cm³/mol. The zero-order valence-corrected chi connectivity index (χ0v) is 11.3. The average Bonchev–Trinajstić information content (AvgIpc) is 2.70. The molecule has 1 atom stereocenters. The first-order valence-corrected chi connectivity index (χ1v) is 5.71. The van der Waals surface area contributed by atoms with Crippen LogP contribution in [0.3, 0.4) is 0 Å². The Bertz CT molecular complexity index is 541. The molecule has 0 spiro atoms. The molecule has 0 fully saturated rings. The highest BCUT2D eigenvalue weighted by atomic mass is 35.5. The van der Waals surface area contributed by atoms with Gasteiger partial charge in [-0.1, -0.05) is 11.6 Å². The van der Waals surface area contributed by atoms with E-state index in [4.69, 9.17) is 16.3 Å². The molecule has 1 rings (SSSR count). The summed E-state index contributed by atoms with van der Waals surface area (Å²) in [6.45, 7) is 4.08. The second kappa shape index (κ2) is 5.35. The van der Waals surface area contributed by atoms with Crippen LogP contribution in [0.5, 0.6) is 0 Å². The van der Waals surface area contributed by atoms with Gasteiger partial charge in [0.25, 0.3) is 0 Å². The number of carbonyl (C=O) groups is 2. The zero-order valence-electron chi connectivity index (χ0n) is 10.5. The SMILES string of the molecule is CCOC(=O)C(C)(C(C)=O)n1cc([N+](=O)[O-])c(Cl)n1. The standard InChI is InChI=1S/C10H12ClN3O5/c1-4-19-9(16)10(3,6(2)15)13-5-7(14(17)18)8(11)12-13/h5H,4H2,1-3H3. The van der Waals surface area contributed by atoms with Gasteiger partial charge in [0.1, 0.15) is 6.20 Å². The van der Waals surface area contributed by atoms with E-state index in [1.807, 2.05) is 0 Å². The molecule has 1 unspecified atom stereocenters. The molecule has 0 radical (unpaired) electrons. The van der Waals surface area contributed by atoms with Crippen molar-refractivity contribution in [2.24, 2.45) is 0 Å². The van der Waals surface area contributed by atoms with E-state index >= 15 is 0 Å². The first kappa shape index (κ1) is 15.1. The lowest BCUT2D eigenvalue weighted by atomic mass is 9.98. The highest BCUT2D eigenvalue weighted by molar-refractivity contribution is 6.31. The van der Waals surface area contributed by atoms with Crippen LogP contribution in [-0.4, -0.2) is 33.1 Å². The summed E-state index contributed by atoms with van der Waals surface area (Å²) in [5, 5.41) is 13.9. The van der Waals surface area contributed by atoms with Crippen LogP contribution < -0.4 is 0 Å². The van der Waals surface area contributed by atoms with Gasteiger partial charge in [-0.15, -0.1) is 0 Å². The molecule has 1 heterocycles. The lowest BCUT2D eigenvalue weighted by molar-refractivity contribution is -0.384. The average molecular weight is 290 g/mol. The second-order valence-electron chi connectivity index (χ2n) is 3.86. The van der Waals surface area contributed by atoms with E-state index in [1.165, 1.54) is 13.8 Å². The topological polar surface area (TPSA) is 104 Å². The molecule has 0 aliphatic heterocycles. The number of carbonyl (C=O) groups excluding carboxylic acids is 2. The highest BCUT2D eigenvalue weighted by Gasteiger charge is 2.44. The van der Waals surface area contributed by atoms with Crippen molar-refractivity contribution in [3.8, 4) is 0 Å². The number of aromatic nitrogens is 2. The molecule has 0 amide bonds. The summed E-state index contributed by atoms with van der Waals surface area (Å²) < 4.78 is 5.65. The van der Waals surface area contributed by atoms with E-state index in [0.717, 1.165) is 10.9 Å². The maximum atomic E-state index is 11.9. The summed E-state index contributed by atoms with van der Waals surface area (Å²) in [6.07, 6.45) is 0.931. The third-order valence-electron chi connectivity index (χ3n) is 2.66. The maximum Gasteiger partial charge on any atom is 0.341 e. The van der Waals surface area contributed by atoms with Gasteiger partial charge in [0, 0.05) is 0 Å². The molecule has 0 aromatic carbocycles. The molecule has 0 N–H and O–H groups in total. The highest BCUT2D eigenvalue weighted by Crippen LogP contribution is 2.27. The number of ether oxygens (including phenoxy) is 1. The van der Waals surface area contributed by atoms with Crippen molar-refractivity contribution in [2.45, 2.75) is 26.3 Å². The van der Waals surface area contributed by atoms with Crippen molar-refractivity contribution in [2.75, 3.05) is 6.61 Å². The summed E-state index contributed by atoms with van der Waals surface area (Å²) >= 11 is 5.60. The molecule has 8 nitrogen and oxygen atoms in total. The van der Waals surface area contributed by atoms with Crippen molar-refractivity contribution in [1.82, 2.24) is 9.78 Å². The van der Waals surface area contributed by atoms with Gasteiger partial charge in [-0.3, -0.25) is 14.9 Å². The Kier molecular flexibility index (Phi) is 4.25. The second-order valence-corrected chi connectivity index (χ2v) is 4.21. The van der Waals surface area contributed by atoms with Crippen LogP contribution >= 0.6 is 11.6 Å². The number of nitro groups is 1. The Labute approximate surface area is 113 Å². The van der Waals surface area contributed by atoms with E-state index < -0.39 is 33.1 Å². The normalized spacial score (nSPS) is 13.7. The Morgan fingerprint density at radius 1 is 1.63 bits per heavy atom. The molecule has 104 valence electrons. The molecule has 1 aromatic heterocycles. The van der Waals surface area contributed by atoms with Gasteiger partial charge in [0.05, 0.1) is 11.5 Å². The molecule has 1 aromatic rings. The molecule has 0 bridgehead atoms. The Balaban J connectivity index is 3.35. The van der Waals surface area contributed by atoms with Crippen molar-refractivity contribution in [3.05, 3.63) is 21.5 Å². The number of rotatable bonds is 5. The summed E-state index contributed by atoms with van der Waals surface area (Å²) in [4.78, 5) is 33.5. The Morgan fingerprint density at radius 2 is 2.21 bits per heavy atom. The van der Waals surface area contributed by atoms with Crippen LogP contribution in [0.2, 0.25) is 5.15 Å². The van der Waals surface area contributed by atoms with E-state index in [0.29, 0.717) is 0 Å². The molecular weight excluding hydrogens is 278 g/mol. The molecule has 0 aliphatic rings. The monoisotopic (exact) mass is 289 g/mol. The lowest BCUT2D eigenvalue weighted by Crippen LogP contribution is -2.46. The Hall–Kier alpha value is -1.96. The lowest BCUT2D eigenvalue weighted by Gasteiger charge is -2.24. The molecule has 19 heavy (non-hydrogen) atoms. The minimum absolute atomic E-state index is 0.0683. The van der Waals surface area contributed by atoms with Gasteiger partial charge >= 0.3 is 11.7 Å². The number of ketones is 1. The minimum atomic E-state index is -1.78. The van der Waals surface area contributed by atoms with Crippen molar-refractivity contribution < 1.29 is 19.2 Å². The number of halogens is 1. The summed E-state index contributed by atoms with van der Waals surface area (Å²) in [5.74, 6) is -1.42. The molecule has 0 saturated heterocycles. The van der Waals surface area contributed by atoms with Crippen LogP contribution in [0.4, 0.5) is 5.69 Å². The van der Waals surface area contributed by atoms with E-state index in [2.05, 4.69) is 5.10 Å². The fourth-order valence-corrected chi connectivity index (χ4v) is 1.56. The van der Waals surface area contributed by atoms with Crippen LogP contribution in [0.25, 0.3) is 0 Å². The van der Waals surface area contributed by atoms with Gasteiger partial charge in [0.2, 0.25) is 10.7 Å². The van der Waals surface area contributed by atoms with Crippen LogP contribution in [0.15, 0.2) is 6.20 Å². The van der Waals surface area contributed by atoms with Crippen LogP contribution in [0, 0.1) is 10.1 Å². The molecule has 0 saturated carbocycles. The molecule has 9 heteroatoms. The maximum absolute atomic E-state index is 11.9. The number of nitrogens with zero attached hydrogens (tertiary/aromatic N) is 3. The van der Waals surface area contributed by atoms with Crippen molar-refractivity contribution in [3.63, 3.8) is 0 Å². The van der Waals surface area contributed by atoms with Gasteiger partial charge in [0.15, 0.2) is 5.78 Å². The van der Waals surface area contributed by atoms with Crippen LogP contribution in [-0.2, 0) is 19.9 Å². The summed E-state index contributed by atoms with van der Waals surface area (Å²) in [5.41, 5.74) is -2.27. The van der Waals surface area contributed by atoms with E-state index in [1.54, 1.807) is 6.92 Å². The number of esters is 1. The van der Waals surface area contributed by atoms with Gasteiger partial charge in [-0.05, 0) is 20.8 Å². The zero-order chi connectivity index (χ0) is 14.8. The smallest absolute Gasteiger partial charge is 0.341 e. The first-order chi connectivity index (χ1) is 8.75. The first-order valence-electron chi connectivity index (χ1n) is 5.33. The molecule has 0 aliphatic carbocycles. The molecular formula is C10H12ClN3O5. The number of Topliss-reactive ketones (excluding diaryl/α,β-unsaturated/α-hetero) is 1. The third kappa shape index (κ3) is 2.58. The quantitative estimate of drug-likeness (QED) is 0.350. The number of hydrogen-bond acceptors (Lipinski definition) is 6. The predicted octanol–water partition coefficient (Wildman–Crippen LogP) is 1.31. The van der Waals surface area contributed by atoms with Gasteiger partial charge in [-0.2, -0.15) is 5.10 Å². The largest absolute Gasteiger partial charge is 0.464 e. The van der Waals surface area contributed by atoms with Gasteiger partial charge < -0.3 is 4.74 Å². The Morgan fingerprint density at radius 3 is 2.58 bits per heavy atom. The van der Waals surface area contributed by atoms with E-state index in [-0.39, 0.29) is 6.61 Å². The van der Waals surface area contributed by atoms with Gasteiger partial charge in [-0.25, -0.2) is 9.48 Å². The summed E-state index contributed by atoms with van der Waals surface area (Å²) in [7, 11) is 0. The minimum Gasteiger partial charge on any atom is -0.464 e. The van der Waals surface area contributed by atoms with Crippen molar-refractivity contribution in [1.29, 1.82) is 0 Å². The number of hydrogen-bond donors (Lipinski definition) is 0. The fraction of sp³-hybridized carbons (Fsp3) is 0.500. The summed E-state index contributed by atoms with van der Waals surface area (Å²) in [6, 6.07) is 0. The fourth-order valence-electron chi connectivity index (χ4n) is 1.37. The third-order valence-corrected chi connectivity index (χ3v) is 2.93. The van der Waals surface area contributed by atoms with Crippen LogP contribution in [0.1, 0.15) is 20.8 Å². The van der Waals surface area contributed by atoms with E-state index in [9.17, 15) is 19.7 Å². The van der Waals surface area contributed by atoms with Crippen molar-refractivity contribution >= 4 is 29.0 Å².